The molecule has 1 atom stereocenters. The van der Waals surface area contributed by atoms with E-state index in [0.717, 1.165) is 16.8 Å². The van der Waals surface area contributed by atoms with Crippen molar-refractivity contribution in [3.63, 3.8) is 0 Å². The highest BCUT2D eigenvalue weighted by Crippen LogP contribution is 2.33. The van der Waals surface area contributed by atoms with E-state index in [0.29, 0.717) is 18.1 Å². The van der Waals surface area contributed by atoms with Gasteiger partial charge in [0.2, 0.25) is 0 Å². The maximum absolute atomic E-state index is 13.0. The van der Waals surface area contributed by atoms with Crippen molar-refractivity contribution < 1.29 is 4.79 Å². The summed E-state index contributed by atoms with van der Waals surface area (Å²) in [5.74, 6) is -0.00943. The summed E-state index contributed by atoms with van der Waals surface area (Å²) in [6, 6.07) is 26.0. The Hall–Kier alpha value is -2.95. The molecule has 1 heterocycles. The number of hydrazone groups is 1. The van der Waals surface area contributed by atoms with Crippen LogP contribution < -0.4 is 0 Å². The fourth-order valence-electron chi connectivity index (χ4n) is 3.70. The molecule has 3 aromatic rings. The third-order valence-electron chi connectivity index (χ3n) is 5.30. The molecule has 1 fully saturated rings. The number of hydrogen-bond donors (Lipinski definition) is 0. The zero-order chi connectivity index (χ0) is 21.1. The Labute approximate surface area is 182 Å². The van der Waals surface area contributed by atoms with E-state index in [1.54, 1.807) is 5.01 Å². The lowest BCUT2D eigenvalue weighted by Crippen LogP contribution is -2.29. The van der Waals surface area contributed by atoms with Crippen molar-refractivity contribution in [3.8, 4) is 0 Å². The minimum absolute atomic E-state index is 0.00943. The normalized spacial score (nSPS) is 17.6. The van der Waals surface area contributed by atoms with Crippen molar-refractivity contribution >= 4 is 23.2 Å². The van der Waals surface area contributed by atoms with E-state index in [1.807, 2.05) is 49.4 Å². The zero-order valence-electron chi connectivity index (χ0n) is 17.1. The number of aryl methyl sites for hydroxylation is 1. The summed E-state index contributed by atoms with van der Waals surface area (Å²) >= 11 is 6.01. The highest BCUT2D eigenvalue weighted by Gasteiger charge is 2.39. The monoisotopic (exact) mass is 417 g/mol. The first-order valence-corrected chi connectivity index (χ1v) is 10.4. The van der Waals surface area contributed by atoms with Crippen LogP contribution in [0, 0.1) is 6.92 Å². The summed E-state index contributed by atoms with van der Waals surface area (Å²) in [5.41, 5.74) is 5.12. The Morgan fingerprint density at radius 2 is 1.67 bits per heavy atom. The summed E-state index contributed by atoms with van der Waals surface area (Å²) in [5, 5.41) is 7.04. The van der Waals surface area contributed by atoms with E-state index in [2.05, 4.69) is 48.2 Å². The molecule has 0 aromatic heterocycles. The second-order valence-corrected chi connectivity index (χ2v) is 8.04. The van der Waals surface area contributed by atoms with Crippen molar-refractivity contribution in [3.05, 3.63) is 106 Å². The molecule has 0 saturated carbocycles. The summed E-state index contributed by atoms with van der Waals surface area (Å²) < 4.78 is 0. The lowest BCUT2D eigenvalue weighted by atomic mass is 10.1. The molecule has 0 N–H and O–H groups in total. The van der Waals surface area contributed by atoms with Gasteiger partial charge in [0.05, 0.1) is 12.3 Å². The first-order valence-electron chi connectivity index (χ1n) is 9.99. The quantitative estimate of drug-likeness (QED) is 0.520. The molecule has 1 aliphatic rings. The van der Waals surface area contributed by atoms with E-state index in [1.165, 1.54) is 11.1 Å². The van der Waals surface area contributed by atoms with Gasteiger partial charge in [-0.3, -0.25) is 9.69 Å². The number of carbonyl (C=O) groups excluding carboxylic acids is 1. The van der Waals surface area contributed by atoms with Gasteiger partial charge >= 0.3 is 0 Å². The van der Waals surface area contributed by atoms with E-state index in [-0.39, 0.29) is 12.1 Å². The molecule has 0 unspecified atom stereocenters. The minimum atomic E-state index is -0.249. The van der Waals surface area contributed by atoms with Crippen LogP contribution in [0.2, 0.25) is 5.02 Å². The first-order chi connectivity index (χ1) is 14.5. The van der Waals surface area contributed by atoms with Crippen LogP contribution in [-0.4, -0.2) is 28.1 Å². The van der Waals surface area contributed by atoms with Crippen molar-refractivity contribution in [2.45, 2.75) is 26.6 Å². The van der Waals surface area contributed by atoms with Gasteiger partial charge in [-0.25, -0.2) is 5.01 Å². The Bertz CT molecular complexity index is 1050. The van der Waals surface area contributed by atoms with E-state index in [9.17, 15) is 4.79 Å². The summed E-state index contributed by atoms with van der Waals surface area (Å²) in [7, 11) is 0. The number of amides is 1. The molecule has 5 heteroatoms. The van der Waals surface area contributed by atoms with Crippen molar-refractivity contribution in [1.82, 2.24) is 9.91 Å². The predicted octanol–water partition coefficient (Wildman–Crippen LogP) is 5.42. The molecule has 152 valence electrons. The van der Waals surface area contributed by atoms with Crippen LogP contribution in [0.1, 0.15) is 35.3 Å². The van der Waals surface area contributed by atoms with Gasteiger partial charge in [0.25, 0.3) is 5.91 Å². The molecule has 0 spiro atoms. The topological polar surface area (TPSA) is 35.9 Å². The minimum Gasteiger partial charge on any atom is -0.271 e. The predicted molar refractivity (Wildman–Crippen MR) is 121 cm³/mol. The smallest absolute Gasteiger partial charge is 0.258 e. The Morgan fingerprint density at radius 1 is 1.00 bits per heavy atom. The van der Waals surface area contributed by atoms with Gasteiger partial charge in [-0.05, 0) is 42.7 Å². The van der Waals surface area contributed by atoms with Gasteiger partial charge in [-0.15, -0.1) is 0 Å². The lowest BCUT2D eigenvalue weighted by molar-refractivity contribution is -0.128. The Kier molecular flexibility index (Phi) is 5.98. The molecular formula is C25H24ClN3O. The molecule has 0 aliphatic carbocycles. The fourth-order valence-corrected chi connectivity index (χ4v) is 3.82. The van der Waals surface area contributed by atoms with Crippen molar-refractivity contribution in [1.29, 1.82) is 0 Å². The van der Waals surface area contributed by atoms with Crippen LogP contribution in [0.15, 0.2) is 84.0 Å². The molecule has 1 saturated heterocycles. The number of rotatable bonds is 5. The standard InChI is InChI=1S/C25H24ClN3O/c1-18-8-10-22(11-9-18)25-28(16-20-6-4-3-5-7-20)17-24(30)29(25)27-19(2)21-12-14-23(26)15-13-21/h3-15,25H,16-17H2,1-2H3/b27-19-/t25-/m1/s1. The molecule has 0 bridgehead atoms. The molecule has 4 nitrogen and oxygen atoms in total. The zero-order valence-corrected chi connectivity index (χ0v) is 17.9. The van der Waals surface area contributed by atoms with Crippen molar-refractivity contribution in [2.75, 3.05) is 6.54 Å². The number of benzene rings is 3. The highest BCUT2D eigenvalue weighted by atomic mass is 35.5. The number of halogens is 1. The average Bonchev–Trinajstić information content (AvgIpc) is 3.04. The Balaban J connectivity index is 1.69. The van der Waals surface area contributed by atoms with Gasteiger partial charge in [0.1, 0.15) is 6.17 Å². The molecule has 1 aliphatic heterocycles. The molecule has 4 rings (SSSR count). The van der Waals surface area contributed by atoms with E-state index < -0.39 is 0 Å². The number of nitrogens with zero attached hydrogens (tertiary/aromatic N) is 3. The van der Waals surface area contributed by atoms with Gasteiger partial charge in [0.15, 0.2) is 0 Å². The highest BCUT2D eigenvalue weighted by molar-refractivity contribution is 6.30. The third-order valence-corrected chi connectivity index (χ3v) is 5.55. The maximum Gasteiger partial charge on any atom is 0.258 e. The van der Waals surface area contributed by atoms with Gasteiger partial charge in [0, 0.05) is 11.6 Å². The first kappa shape index (κ1) is 20.3. The number of carbonyl (C=O) groups is 1. The number of hydrogen-bond acceptors (Lipinski definition) is 3. The molecule has 30 heavy (non-hydrogen) atoms. The van der Waals surface area contributed by atoms with Gasteiger partial charge < -0.3 is 0 Å². The van der Waals surface area contributed by atoms with Crippen molar-refractivity contribution in [2.24, 2.45) is 5.10 Å². The molecule has 3 aromatic carbocycles. The SMILES string of the molecule is C/C(=N/N1C(=O)CN(Cc2ccccc2)[C@H]1c1ccc(C)cc1)c1ccc(Cl)cc1. The summed E-state index contributed by atoms with van der Waals surface area (Å²) in [6.07, 6.45) is -0.249. The third kappa shape index (κ3) is 4.45. The van der Waals surface area contributed by atoms with Crippen LogP contribution in [0.3, 0.4) is 0 Å². The molecule has 1 amide bonds. The summed E-state index contributed by atoms with van der Waals surface area (Å²) in [6.45, 7) is 4.98. The fraction of sp³-hybridized carbons (Fsp3) is 0.200. The molecule has 0 radical (unpaired) electrons. The largest absolute Gasteiger partial charge is 0.271 e. The van der Waals surface area contributed by atoms with Crippen LogP contribution in [0.25, 0.3) is 0 Å². The lowest BCUT2D eigenvalue weighted by Gasteiger charge is -2.28. The van der Waals surface area contributed by atoms with Crippen LogP contribution in [0.4, 0.5) is 0 Å². The van der Waals surface area contributed by atoms with E-state index in [4.69, 9.17) is 16.7 Å². The second-order valence-electron chi connectivity index (χ2n) is 7.61. The Morgan fingerprint density at radius 3 is 2.33 bits per heavy atom. The van der Waals surface area contributed by atoms with Crippen LogP contribution >= 0.6 is 11.6 Å². The van der Waals surface area contributed by atoms with Gasteiger partial charge in [-0.2, -0.15) is 5.10 Å². The van der Waals surface area contributed by atoms with E-state index >= 15 is 0 Å². The second kappa shape index (κ2) is 8.82. The maximum atomic E-state index is 13.0. The average molecular weight is 418 g/mol. The van der Waals surface area contributed by atoms with Gasteiger partial charge in [-0.1, -0.05) is 83.9 Å². The molecular weight excluding hydrogens is 394 g/mol. The van der Waals surface area contributed by atoms with Crippen LogP contribution in [-0.2, 0) is 11.3 Å². The summed E-state index contributed by atoms with van der Waals surface area (Å²) in [4.78, 5) is 15.2. The van der Waals surface area contributed by atoms with Crippen LogP contribution in [0.5, 0.6) is 0 Å².